The molecule has 0 bridgehead atoms. The molecule has 1 unspecified atom stereocenters. The molecule has 8 heteroatoms. The third kappa shape index (κ3) is 3.54. The summed E-state index contributed by atoms with van der Waals surface area (Å²) >= 11 is 0. The Balaban J connectivity index is 2.17. The maximum atomic E-state index is 11.1. The minimum absolute atomic E-state index is 0.0439. The van der Waals surface area contributed by atoms with Gasteiger partial charge in [0, 0.05) is 23.7 Å². The molecule has 0 radical (unpaired) electrons. The van der Waals surface area contributed by atoms with E-state index in [2.05, 4.69) is 5.32 Å². The van der Waals surface area contributed by atoms with Gasteiger partial charge >= 0.3 is 5.97 Å². The van der Waals surface area contributed by atoms with Crippen molar-refractivity contribution in [1.82, 2.24) is 5.32 Å². The Labute approximate surface area is 120 Å². The van der Waals surface area contributed by atoms with Crippen molar-refractivity contribution in [3.05, 3.63) is 39.4 Å². The van der Waals surface area contributed by atoms with Crippen molar-refractivity contribution in [2.75, 3.05) is 0 Å². The molecule has 8 nitrogen and oxygen atoms in total. The molecule has 21 heavy (non-hydrogen) atoms. The van der Waals surface area contributed by atoms with E-state index in [4.69, 9.17) is 10.8 Å². The highest BCUT2D eigenvalue weighted by atomic mass is 16.6. The van der Waals surface area contributed by atoms with Crippen LogP contribution < -0.4 is 11.1 Å². The molecule has 1 atom stereocenters. The quantitative estimate of drug-likeness (QED) is 0.498. The first kappa shape index (κ1) is 14.9. The summed E-state index contributed by atoms with van der Waals surface area (Å²) in [6.45, 7) is 0.0445. The van der Waals surface area contributed by atoms with E-state index < -0.39 is 22.8 Å². The second-order valence-corrected chi connectivity index (χ2v) is 5.00. The molecule has 2 rings (SSSR count). The summed E-state index contributed by atoms with van der Waals surface area (Å²) in [6.07, 6.45) is 1.68. The van der Waals surface area contributed by atoms with E-state index in [1.54, 1.807) is 0 Å². The van der Waals surface area contributed by atoms with Crippen LogP contribution in [0.5, 0.6) is 0 Å². The highest BCUT2D eigenvalue weighted by Gasteiger charge is 2.36. The predicted octanol–water partition coefficient (Wildman–Crippen LogP) is 0.646. The van der Waals surface area contributed by atoms with E-state index in [-0.39, 0.29) is 23.7 Å². The van der Waals surface area contributed by atoms with Crippen molar-refractivity contribution in [2.45, 2.75) is 25.4 Å². The molecule has 0 aliphatic heterocycles. The van der Waals surface area contributed by atoms with Crippen molar-refractivity contribution in [3.63, 3.8) is 0 Å². The normalized spacial score (nSPS) is 15.4. The molecule has 1 saturated carbocycles. The van der Waals surface area contributed by atoms with Gasteiger partial charge in [0.25, 0.3) is 5.69 Å². The van der Waals surface area contributed by atoms with E-state index in [0.717, 1.165) is 18.9 Å². The summed E-state index contributed by atoms with van der Waals surface area (Å²) in [5, 5.41) is 23.0. The van der Waals surface area contributed by atoms with Crippen molar-refractivity contribution < 1.29 is 19.6 Å². The zero-order valence-corrected chi connectivity index (χ0v) is 11.1. The van der Waals surface area contributed by atoms with E-state index in [1.807, 2.05) is 0 Å². The number of nitrogens with two attached hydrogens (primary N) is 1. The SMILES string of the molecule is NC(=O)c1ccc(CNC(C(=O)O)C2CC2)c([N+](=O)[O-])c1. The van der Waals surface area contributed by atoms with Gasteiger partial charge in [-0.25, -0.2) is 0 Å². The molecule has 1 amide bonds. The fourth-order valence-electron chi connectivity index (χ4n) is 2.14. The maximum absolute atomic E-state index is 11.1. The Hall–Kier alpha value is -2.48. The number of benzene rings is 1. The first-order valence-electron chi connectivity index (χ1n) is 6.43. The molecule has 4 N–H and O–H groups in total. The van der Waals surface area contributed by atoms with Gasteiger partial charge in [0.2, 0.25) is 5.91 Å². The molecule has 1 aromatic rings. The Morgan fingerprint density at radius 1 is 1.48 bits per heavy atom. The van der Waals surface area contributed by atoms with Gasteiger partial charge in [-0.1, -0.05) is 6.07 Å². The summed E-state index contributed by atoms with van der Waals surface area (Å²) in [6, 6.07) is 3.20. The number of nitrogens with zero attached hydrogens (tertiary/aromatic N) is 1. The van der Waals surface area contributed by atoms with Crippen LogP contribution in [-0.2, 0) is 11.3 Å². The number of hydrogen-bond donors (Lipinski definition) is 3. The van der Waals surface area contributed by atoms with Crippen LogP contribution in [0.4, 0.5) is 5.69 Å². The van der Waals surface area contributed by atoms with Gasteiger partial charge < -0.3 is 10.8 Å². The molecule has 1 aliphatic rings. The highest BCUT2D eigenvalue weighted by Crippen LogP contribution is 2.33. The lowest BCUT2D eigenvalue weighted by atomic mass is 10.1. The van der Waals surface area contributed by atoms with Crippen LogP contribution in [0.1, 0.15) is 28.8 Å². The van der Waals surface area contributed by atoms with Crippen molar-refractivity contribution in [3.8, 4) is 0 Å². The van der Waals surface area contributed by atoms with E-state index in [0.29, 0.717) is 5.56 Å². The van der Waals surface area contributed by atoms with Crippen molar-refractivity contribution in [2.24, 2.45) is 11.7 Å². The molecule has 112 valence electrons. The first-order valence-corrected chi connectivity index (χ1v) is 6.43. The third-order valence-corrected chi connectivity index (χ3v) is 3.44. The largest absolute Gasteiger partial charge is 0.480 e. The standard InChI is InChI=1S/C13H15N3O5/c14-12(17)8-3-4-9(10(5-8)16(20)21)6-15-11(13(18)19)7-1-2-7/h3-5,7,11,15H,1-2,6H2,(H2,14,17)(H,18,19). The lowest BCUT2D eigenvalue weighted by Crippen LogP contribution is -2.38. The third-order valence-electron chi connectivity index (χ3n) is 3.44. The molecule has 1 fully saturated rings. The van der Waals surface area contributed by atoms with Gasteiger partial charge in [0.1, 0.15) is 6.04 Å². The second kappa shape index (κ2) is 5.88. The molecule has 0 aromatic heterocycles. The number of carbonyl (C=O) groups excluding carboxylic acids is 1. The molecule has 0 saturated heterocycles. The lowest BCUT2D eigenvalue weighted by molar-refractivity contribution is -0.385. The van der Waals surface area contributed by atoms with Crippen LogP contribution in [0.15, 0.2) is 18.2 Å². The van der Waals surface area contributed by atoms with Gasteiger partial charge in [-0.3, -0.25) is 25.0 Å². The van der Waals surface area contributed by atoms with E-state index in [1.165, 1.54) is 12.1 Å². The molecule has 0 spiro atoms. The fourth-order valence-corrected chi connectivity index (χ4v) is 2.14. The summed E-state index contributed by atoms with van der Waals surface area (Å²) in [7, 11) is 0. The Bertz CT molecular complexity index is 597. The topological polar surface area (TPSA) is 136 Å². The Morgan fingerprint density at radius 3 is 2.62 bits per heavy atom. The number of carboxylic acid groups (broad SMARTS) is 1. The maximum Gasteiger partial charge on any atom is 0.320 e. The molecule has 0 heterocycles. The number of amides is 1. The summed E-state index contributed by atoms with van der Waals surface area (Å²) in [5.41, 5.74) is 5.20. The number of hydrogen-bond acceptors (Lipinski definition) is 5. The monoisotopic (exact) mass is 293 g/mol. The van der Waals surface area contributed by atoms with Gasteiger partial charge in [0.15, 0.2) is 0 Å². The van der Waals surface area contributed by atoms with Gasteiger partial charge in [-0.05, 0) is 24.8 Å². The smallest absolute Gasteiger partial charge is 0.320 e. The zero-order valence-electron chi connectivity index (χ0n) is 11.1. The van der Waals surface area contributed by atoms with Crippen LogP contribution in [0.25, 0.3) is 0 Å². The zero-order chi connectivity index (χ0) is 15.6. The minimum atomic E-state index is -0.964. The minimum Gasteiger partial charge on any atom is -0.480 e. The number of nitrogens with one attached hydrogen (secondary N) is 1. The summed E-state index contributed by atoms with van der Waals surface area (Å²) in [4.78, 5) is 32.6. The Morgan fingerprint density at radius 2 is 2.14 bits per heavy atom. The highest BCUT2D eigenvalue weighted by molar-refractivity contribution is 5.93. The van der Waals surface area contributed by atoms with Crippen LogP contribution in [-0.4, -0.2) is 27.9 Å². The molecular formula is C13H15N3O5. The fraction of sp³-hybridized carbons (Fsp3) is 0.385. The van der Waals surface area contributed by atoms with Gasteiger partial charge in [-0.15, -0.1) is 0 Å². The van der Waals surface area contributed by atoms with Crippen molar-refractivity contribution in [1.29, 1.82) is 0 Å². The molecule has 1 aromatic carbocycles. The number of primary amides is 1. The van der Waals surface area contributed by atoms with Gasteiger partial charge in [0.05, 0.1) is 4.92 Å². The van der Waals surface area contributed by atoms with Crippen LogP contribution in [0.2, 0.25) is 0 Å². The van der Waals surface area contributed by atoms with E-state index >= 15 is 0 Å². The summed E-state index contributed by atoms with van der Waals surface area (Å²) in [5.74, 6) is -1.64. The average Bonchev–Trinajstić information content (AvgIpc) is 3.22. The van der Waals surface area contributed by atoms with Crippen LogP contribution in [0, 0.1) is 16.0 Å². The number of nitro groups is 1. The van der Waals surface area contributed by atoms with Crippen molar-refractivity contribution >= 4 is 17.6 Å². The van der Waals surface area contributed by atoms with Gasteiger partial charge in [-0.2, -0.15) is 0 Å². The first-order chi connectivity index (χ1) is 9.90. The molecule has 1 aliphatic carbocycles. The number of aliphatic carboxylic acids is 1. The number of carboxylic acids is 1. The van der Waals surface area contributed by atoms with E-state index in [9.17, 15) is 19.7 Å². The number of carbonyl (C=O) groups is 2. The predicted molar refractivity (Wildman–Crippen MR) is 72.6 cm³/mol. The Kier molecular flexibility index (Phi) is 4.18. The number of nitro benzene ring substituents is 1. The molecular weight excluding hydrogens is 278 g/mol. The second-order valence-electron chi connectivity index (χ2n) is 5.00. The lowest BCUT2D eigenvalue weighted by Gasteiger charge is -2.13. The number of rotatable bonds is 7. The summed E-state index contributed by atoms with van der Waals surface area (Å²) < 4.78 is 0. The average molecular weight is 293 g/mol. The van der Waals surface area contributed by atoms with Crippen LogP contribution in [0.3, 0.4) is 0 Å². The van der Waals surface area contributed by atoms with Crippen LogP contribution >= 0.6 is 0 Å².